The number of hydrogen-bond donors (Lipinski definition) is 1. The van der Waals surface area contributed by atoms with Gasteiger partial charge in [-0.1, -0.05) is 24.3 Å². The topological polar surface area (TPSA) is 129 Å². The van der Waals surface area contributed by atoms with Gasteiger partial charge in [-0.05, 0) is 73.9 Å². The number of nitrogens with one attached hydrogen (secondary N) is 1. The zero-order valence-corrected chi connectivity index (χ0v) is 25.5. The van der Waals surface area contributed by atoms with Crippen LogP contribution in [0.15, 0.2) is 61.1 Å². The maximum Gasteiger partial charge on any atom is 0.338 e. The normalized spacial score (nSPS) is 21.0. The van der Waals surface area contributed by atoms with Gasteiger partial charge < -0.3 is 29.0 Å². The Labute approximate surface area is 261 Å². The molecular formula is C34H38N4O7. The molecule has 1 aromatic heterocycles. The largest absolute Gasteiger partial charge is 0.484 e. The number of likely N-dealkylation sites (tertiary alicyclic amines) is 1. The zero-order chi connectivity index (χ0) is 31.5. The minimum atomic E-state index is -0.505. The molecule has 0 spiro atoms. The van der Waals surface area contributed by atoms with E-state index >= 15 is 0 Å². The molecule has 11 nitrogen and oxygen atoms in total. The third kappa shape index (κ3) is 7.35. The van der Waals surface area contributed by atoms with Gasteiger partial charge in [0.25, 0.3) is 5.91 Å². The summed E-state index contributed by atoms with van der Waals surface area (Å²) in [5.41, 5.74) is 2.91. The highest BCUT2D eigenvalue weighted by molar-refractivity contribution is 5.92. The summed E-state index contributed by atoms with van der Waals surface area (Å²) in [6.07, 6.45) is 6.17. The fraction of sp³-hybridized carbons (Fsp3) is 0.441. The smallest absolute Gasteiger partial charge is 0.338 e. The van der Waals surface area contributed by atoms with E-state index in [0.717, 1.165) is 5.56 Å². The molecule has 2 aliphatic heterocycles. The minimum Gasteiger partial charge on any atom is -0.484 e. The van der Waals surface area contributed by atoms with Crippen LogP contribution in [0.4, 0.5) is 0 Å². The number of carbonyl (C=O) groups is 4. The van der Waals surface area contributed by atoms with E-state index in [1.54, 1.807) is 46.3 Å². The quantitative estimate of drug-likeness (QED) is 0.340. The maximum atomic E-state index is 13.0. The summed E-state index contributed by atoms with van der Waals surface area (Å²) in [5.74, 6) is -0.583. The molecule has 0 radical (unpaired) electrons. The molecule has 2 aromatic carbocycles. The molecule has 0 bridgehead atoms. The lowest BCUT2D eigenvalue weighted by molar-refractivity contribution is -0.139. The van der Waals surface area contributed by atoms with Gasteiger partial charge in [-0.15, -0.1) is 0 Å². The van der Waals surface area contributed by atoms with E-state index in [4.69, 9.17) is 14.2 Å². The molecule has 11 heteroatoms. The number of esters is 2. The second-order valence-electron chi connectivity index (χ2n) is 12.2. The summed E-state index contributed by atoms with van der Waals surface area (Å²) >= 11 is 0. The molecule has 2 amide bonds. The number of rotatable bonds is 10. The van der Waals surface area contributed by atoms with E-state index < -0.39 is 30.1 Å². The number of amides is 2. The van der Waals surface area contributed by atoms with E-state index in [0.29, 0.717) is 48.9 Å². The van der Waals surface area contributed by atoms with Gasteiger partial charge in [0.05, 0.1) is 36.8 Å². The van der Waals surface area contributed by atoms with Gasteiger partial charge in [0, 0.05) is 19.8 Å². The Hall–Kier alpha value is -4.67. The molecule has 1 aliphatic carbocycles. The van der Waals surface area contributed by atoms with Crippen LogP contribution in [0, 0.1) is 5.92 Å². The average molecular weight is 615 g/mol. The molecule has 1 N–H and O–H groups in total. The van der Waals surface area contributed by atoms with E-state index in [2.05, 4.69) is 22.4 Å². The van der Waals surface area contributed by atoms with Crippen molar-refractivity contribution in [1.29, 1.82) is 0 Å². The Kier molecular flexibility index (Phi) is 8.86. The molecule has 45 heavy (non-hydrogen) atoms. The van der Waals surface area contributed by atoms with Crippen LogP contribution in [0.1, 0.15) is 83.0 Å². The van der Waals surface area contributed by atoms with Crippen LogP contribution in [0.5, 0.6) is 5.75 Å². The first-order valence-electron chi connectivity index (χ1n) is 15.5. The summed E-state index contributed by atoms with van der Waals surface area (Å²) in [6.45, 7) is 2.85. The fourth-order valence-corrected chi connectivity index (χ4v) is 5.92. The van der Waals surface area contributed by atoms with E-state index in [1.165, 1.54) is 18.4 Å². The summed E-state index contributed by atoms with van der Waals surface area (Å²) in [4.78, 5) is 56.0. The van der Waals surface area contributed by atoms with Gasteiger partial charge in [0.1, 0.15) is 30.3 Å². The fourth-order valence-electron chi connectivity index (χ4n) is 5.92. The third-order valence-corrected chi connectivity index (χ3v) is 8.59. The number of cyclic esters (lactones) is 1. The molecule has 2 saturated heterocycles. The summed E-state index contributed by atoms with van der Waals surface area (Å²) in [7, 11) is 1.81. The molecule has 6 rings (SSSR count). The van der Waals surface area contributed by atoms with Crippen LogP contribution in [0.25, 0.3) is 0 Å². The molecule has 4 atom stereocenters. The number of aryl methyl sites for hydroxylation is 1. The SMILES string of the molecule is CC(NC(=O)c1cn(C)cn1)C(Oc1ccc(C(=O)O[C@H]2CCCN(C(=O)[C@H]3COC(=O)C3)C2)cc1)c1ccc(C2CC2)cc1. The van der Waals surface area contributed by atoms with Gasteiger partial charge in [-0.25, -0.2) is 9.78 Å². The van der Waals surface area contributed by atoms with Crippen LogP contribution >= 0.6 is 0 Å². The molecular weight excluding hydrogens is 576 g/mol. The number of hydrogen-bond acceptors (Lipinski definition) is 8. The Balaban J connectivity index is 1.10. The lowest BCUT2D eigenvalue weighted by atomic mass is 10.00. The number of nitrogens with zero attached hydrogens (tertiary/aromatic N) is 3. The molecule has 3 aromatic rings. The molecule has 3 aliphatic rings. The Morgan fingerprint density at radius 3 is 2.44 bits per heavy atom. The van der Waals surface area contributed by atoms with Crippen LogP contribution in [-0.4, -0.2) is 70.0 Å². The van der Waals surface area contributed by atoms with Gasteiger partial charge >= 0.3 is 11.9 Å². The Morgan fingerprint density at radius 1 is 1.04 bits per heavy atom. The highest BCUT2D eigenvalue weighted by atomic mass is 16.5. The number of imidazole rings is 1. The summed E-state index contributed by atoms with van der Waals surface area (Å²) in [6, 6.07) is 14.7. The van der Waals surface area contributed by atoms with Crippen molar-refractivity contribution >= 4 is 23.8 Å². The average Bonchev–Trinajstić information content (AvgIpc) is 3.66. The number of benzene rings is 2. The minimum absolute atomic E-state index is 0.0935. The van der Waals surface area contributed by atoms with Crippen LogP contribution < -0.4 is 10.1 Å². The van der Waals surface area contributed by atoms with Gasteiger partial charge in [0.2, 0.25) is 5.91 Å². The Morgan fingerprint density at radius 2 is 1.80 bits per heavy atom. The van der Waals surface area contributed by atoms with Crippen molar-refractivity contribution in [1.82, 2.24) is 19.8 Å². The van der Waals surface area contributed by atoms with Crippen LogP contribution in [-0.2, 0) is 26.1 Å². The second kappa shape index (κ2) is 13.1. The van der Waals surface area contributed by atoms with E-state index in [9.17, 15) is 19.2 Å². The van der Waals surface area contributed by atoms with E-state index in [1.807, 2.05) is 26.1 Å². The molecule has 3 heterocycles. The molecule has 2 unspecified atom stereocenters. The maximum absolute atomic E-state index is 13.0. The highest BCUT2D eigenvalue weighted by Gasteiger charge is 2.36. The van der Waals surface area contributed by atoms with Crippen molar-refractivity contribution in [3.05, 3.63) is 83.4 Å². The van der Waals surface area contributed by atoms with Crippen molar-refractivity contribution in [3.8, 4) is 5.75 Å². The standard InChI is InChI=1S/C34H38N4O7/c1-21(36-32(40)29-18-37(2)20-35-29)31(24-9-7-23(8-10-24)22-5-6-22)44-27-13-11-25(12-14-27)34(42)45-28-4-3-15-38(17-28)33(41)26-16-30(39)43-19-26/h7-14,18,20-22,26,28,31H,3-6,15-17,19H2,1-2H3,(H,36,40)/t21?,26-,28+,31?/m1/s1. The lowest BCUT2D eigenvalue weighted by Gasteiger charge is -2.33. The first-order chi connectivity index (χ1) is 21.7. The van der Waals surface area contributed by atoms with Crippen molar-refractivity contribution in [3.63, 3.8) is 0 Å². The van der Waals surface area contributed by atoms with Crippen molar-refractivity contribution < 1.29 is 33.4 Å². The molecule has 236 valence electrons. The number of ether oxygens (including phenoxy) is 3. The first kappa shape index (κ1) is 30.4. The summed E-state index contributed by atoms with van der Waals surface area (Å²) < 4.78 is 18.9. The predicted octanol–water partition coefficient (Wildman–Crippen LogP) is 3.95. The number of aromatic nitrogens is 2. The van der Waals surface area contributed by atoms with Crippen molar-refractivity contribution in [2.45, 2.75) is 63.2 Å². The van der Waals surface area contributed by atoms with Gasteiger partial charge in [0.15, 0.2) is 0 Å². The molecule has 1 saturated carbocycles. The van der Waals surface area contributed by atoms with Crippen molar-refractivity contribution in [2.75, 3.05) is 19.7 Å². The van der Waals surface area contributed by atoms with Gasteiger partial charge in [-0.3, -0.25) is 14.4 Å². The molecule has 3 fully saturated rings. The predicted molar refractivity (Wildman–Crippen MR) is 162 cm³/mol. The zero-order valence-electron chi connectivity index (χ0n) is 25.5. The van der Waals surface area contributed by atoms with Crippen LogP contribution in [0.2, 0.25) is 0 Å². The number of piperidine rings is 1. The number of carbonyl (C=O) groups excluding carboxylic acids is 4. The third-order valence-electron chi connectivity index (χ3n) is 8.59. The lowest BCUT2D eigenvalue weighted by Crippen LogP contribution is -2.46. The van der Waals surface area contributed by atoms with Crippen LogP contribution in [0.3, 0.4) is 0 Å². The van der Waals surface area contributed by atoms with E-state index in [-0.39, 0.29) is 30.8 Å². The highest BCUT2D eigenvalue weighted by Crippen LogP contribution is 2.40. The van der Waals surface area contributed by atoms with Gasteiger partial charge in [-0.2, -0.15) is 0 Å². The monoisotopic (exact) mass is 614 g/mol. The van der Waals surface area contributed by atoms with Crippen molar-refractivity contribution in [2.24, 2.45) is 13.0 Å². The first-order valence-corrected chi connectivity index (χ1v) is 15.5. The summed E-state index contributed by atoms with van der Waals surface area (Å²) in [5, 5.41) is 3.02. The second-order valence-corrected chi connectivity index (χ2v) is 12.2. The Bertz CT molecular complexity index is 1550.